The van der Waals surface area contributed by atoms with Gasteiger partial charge < -0.3 is 0 Å². The predicted molar refractivity (Wildman–Crippen MR) is 52.7 cm³/mol. The lowest BCUT2D eigenvalue weighted by molar-refractivity contribution is 0.0857. The average Bonchev–Trinajstić information content (AvgIpc) is 2.07. The number of hydrogen-bond acceptors (Lipinski definition) is 2. The number of pyridine rings is 1. The van der Waals surface area contributed by atoms with Gasteiger partial charge in [0.1, 0.15) is 0 Å². The minimum Gasteiger partial charge on any atom is -0.294 e. The zero-order valence-electron chi connectivity index (χ0n) is 8.89. The molecule has 1 heterocycles. The van der Waals surface area contributed by atoms with Crippen LogP contribution in [0.15, 0.2) is 12.3 Å². The number of halogens is 1. The first-order chi connectivity index (χ1) is 6.32. The van der Waals surface area contributed by atoms with Crippen molar-refractivity contribution in [3.05, 3.63) is 29.3 Å². The molecule has 1 aromatic heterocycles. The highest BCUT2D eigenvalue weighted by atomic mass is 19.1. The highest BCUT2D eigenvalue weighted by Gasteiger charge is 2.23. The standard InChI is InChI=1S/C11H14FNO/c1-7-5-8(6-13-10(7)12)9(14)11(2,3)4/h5-6H,1-4H3. The molecular formula is C11H14FNO. The van der Waals surface area contributed by atoms with Crippen LogP contribution in [0.5, 0.6) is 0 Å². The van der Waals surface area contributed by atoms with Crippen LogP contribution in [0.2, 0.25) is 0 Å². The molecule has 0 saturated heterocycles. The number of nitrogens with zero attached hydrogens (tertiary/aromatic N) is 1. The van der Waals surface area contributed by atoms with Gasteiger partial charge in [0, 0.05) is 22.7 Å². The Hall–Kier alpha value is -1.25. The summed E-state index contributed by atoms with van der Waals surface area (Å²) >= 11 is 0. The van der Waals surface area contributed by atoms with Crippen LogP contribution in [0.25, 0.3) is 0 Å². The van der Waals surface area contributed by atoms with Gasteiger partial charge in [0.05, 0.1) is 0 Å². The lowest BCUT2D eigenvalue weighted by atomic mass is 9.87. The average molecular weight is 195 g/mol. The Morgan fingerprint density at radius 3 is 2.43 bits per heavy atom. The minimum absolute atomic E-state index is 0.0203. The molecular weight excluding hydrogens is 181 g/mol. The zero-order valence-corrected chi connectivity index (χ0v) is 8.89. The van der Waals surface area contributed by atoms with Crippen LogP contribution >= 0.6 is 0 Å². The van der Waals surface area contributed by atoms with E-state index in [4.69, 9.17) is 0 Å². The largest absolute Gasteiger partial charge is 0.294 e. The molecule has 0 fully saturated rings. The highest BCUT2D eigenvalue weighted by molar-refractivity contribution is 5.99. The highest BCUT2D eigenvalue weighted by Crippen LogP contribution is 2.21. The van der Waals surface area contributed by atoms with Gasteiger partial charge in [0.25, 0.3) is 0 Å². The van der Waals surface area contributed by atoms with E-state index in [2.05, 4.69) is 4.98 Å². The number of aryl methyl sites for hydroxylation is 1. The number of carbonyl (C=O) groups excluding carboxylic acids is 1. The normalized spacial score (nSPS) is 11.5. The quantitative estimate of drug-likeness (QED) is 0.509. The second kappa shape index (κ2) is 3.48. The molecule has 0 unspecified atom stereocenters. The predicted octanol–water partition coefficient (Wildman–Crippen LogP) is 2.76. The van der Waals surface area contributed by atoms with Gasteiger partial charge in [-0.3, -0.25) is 4.79 Å². The van der Waals surface area contributed by atoms with Crippen LogP contribution < -0.4 is 0 Å². The van der Waals surface area contributed by atoms with Crippen molar-refractivity contribution in [2.75, 3.05) is 0 Å². The second-order valence-electron chi connectivity index (χ2n) is 4.41. The lowest BCUT2D eigenvalue weighted by Gasteiger charge is -2.16. The molecule has 0 atom stereocenters. The number of rotatable bonds is 1. The Balaban J connectivity index is 3.10. The maximum Gasteiger partial charge on any atom is 0.215 e. The van der Waals surface area contributed by atoms with Crippen molar-refractivity contribution < 1.29 is 9.18 Å². The Labute approximate surface area is 83.2 Å². The third kappa shape index (κ3) is 2.16. The molecule has 0 amide bonds. The molecule has 1 aromatic rings. The Morgan fingerprint density at radius 2 is 2.00 bits per heavy atom. The molecule has 76 valence electrons. The van der Waals surface area contributed by atoms with E-state index in [1.165, 1.54) is 12.3 Å². The lowest BCUT2D eigenvalue weighted by Crippen LogP contribution is -2.20. The minimum atomic E-state index is -0.518. The molecule has 0 aliphatic rings. The summed E-state index contributed by atoms with van der Waals surface area (Å²) in [6.07, 6.45) is 1.29. The summed E-state index contributed by atoms with van der Waals surface area (Å²) in [6.45, 7) is 7.08. The van der Waals surface area contributed by atoms with Crippen LogP contribution in [-0.2, 0) is 0 Å². The number of carbonyl (C=O) groups is 1. The van der Waals surface area contributed by atoms with Crippen LogP contribution in [-0.4, -0.2) is 10.8 Å². The van der Waals surface area contributed by atoms with Crippen LogP contribution in [0.4, 0.5) is 4.39 Å². The number of ketones is 1. The van der Waals surface area contributed by atoms with Gasteiger partial charge in [0.2, 0.25) is 5.95 Å². The first-order valence-corrected chi connectivity index (χ1v) is 4.49. The van der Waals surface area contributed by atoms with Gasteiger partial charge in [0.15, 0.2) is 5.78 Å². The van der Waals surface area contributed by atoms with Gasteiger partial charge >= 0.3 is 0 Å². The van der Waals surface area contributed by atoms with E-state index in [0.717, 1.165) is 0 Å². The molecule has 2 nitrogen and oxygen atoms in total. The van der Waals surface area contributed by atoms with Crippen molar-refractivity contribution in [1.82, 2.24) is 4.98 Å². The molecule has 0 N–H and O–H groups in total. The van der Waals surface area contributed by atoms with Crippen molar-refractivity contribution in [2.24, 2.45) is 5.41 Å². The van der Waals surface area contributed by atoms with E-state index in [9.17, 15) is 9.18 Å². The van der Waals surface area contributed by atoms with Crippen LogP contribution in [0.3, 0.4) is 0 Å². The maximum absolute atomic E-state index is 12.8. The fraction of sp³-hybridized carbons (Fsp3) is 0.455. The molecule has 0 aliphatic heterocycles. The summed E-state index contributed by atoms with van der Waals surface area (Å²) < 4.78 is 12.8. The number of Topliss-reactive ketones (excluding diaryl/α,β-unsaturated/α-hetero) is 1. The first-order valence-electron chi connectivity index (χ1n) is 4.49. The fourth-order valence-corrected chi connectivity index (χ4v) is 1.12. The fourth-order valence-electron chi connectivity index (χ4n) is 1.12. The summed E-state index contributed by atoms with van der Waals surface area (Å²) in [5, 5.41) is 0. The molecule has 1 rings (SSSR count). The van der Waals surface area contributed by atoms with E-state index in [-0.39, 0.29) is 5.78 Å². The Bertz CT molecular complexity index is 366. The third-order valence-electron chi connectivity index (χ3n) is 1.96. The van der Waals surface area contributed by atoms with Crippen LogP contribution in [0.1, 0.15) is 36.7 Å². The summed E-state index contributed by atoms with van der Waals surface area (Å²) in [7, 11) is 0. The monoisotopic (exact) mass is 195 g/mol. The summed E-state index contributed by atoms with van der Waals surface area (Å²) in [4.78, 5) is 15.3. The van der Waals surface area contributed by atoms with Gasteiger partial charge in [-0.25, -0.2) is 4.98 Å². The SMILES string of the molecule is Cc1cc(C(=O)C(C)(C)C)cnc1F. The first kappa shape index (κ1) is 10.8. The van der Waals surface area contributed by atoms with Gasteiger partial charge in [-0.15, -0.1) is 0 Å². The Kier molecular flexibility index (Phi) is 2.69. The van der Waals surface area contributed by atoms with E-state index in [1.807, 2.05) is 20.8 Å². The van der Waals surface area contributed by atoms with E-state index < -0.39 is 11.4 Å². The van der Waals surface area contributed by atoms with E-state index in [0.29, 0.717) is 11.1 Å². The molecule has 0 aromatic carbocycles. The molecule has 0 bridgehead atoms. The zero-order chi connectivity index (χ0) is 10.9. The van der Waals surface area contributed by atoms with Gasteiger partial charge in [-0.2, -0.15) is 4.39 Å². The maximum atomic E-state index is 12.8. The summed E-state index contributed by atoms with van der Waals surface area (Å²) in [5.41, 5.74) is 0.419. The molecule has 0 aliphatic carbocycles. The third-order valence-corrected chi connectivity index (χ3v) is 1.96. The van der Waals surface area contributed by atoms with Crippen molar-refractivity contribution in [2.45, 2.75) is 27.7 Å². The van der Waals surface area contributed by atoms with Gasteiger partial charge in [-0.05, 0) is 13.0 Å². The van der Waals surface area contributed by atoms with Crippen LogP contribution in [0, 0.1) is 18.3 Å². The number of hydrogen-bond donors (Lipinski definition) is 0. The van der Waals surface area contributed by atoms with Crippen molar-refractivity contribution in [3.63, 3.8) is 0 Å². The van der Waals surface area contributed by atoms with E-state index >= 15 is 0 Å². The number of aromatic nitrogens is 1. The second-order valence-corrected chi connectivity index (χ2v) is 4.41. The molecule has 0 spiro atoms. The topological polar surface area (TPSA) is 30.0 Å². The molecule has 0 saturated carbocycles. The summed E-state index contributed by atoms with van der Waals surface area (Å²) in [5.74, 6) is -0.538. The van der Waals surface area contributed by atoms with E-state index in [1.54, 1.807) is 6.92 Å². The van der Waals surface area contributed by atoms with Crippen molar-refractivity contribution in [3.8, 4) is 0 Å². The van der Waals surface area contributed by atoms with Crippen molar-refractivity contribution in [1.29, 1.82) is 0 Å². The molecule has 3 heteroatoms. The molecule has 0 radical (unpaired) electrons. The van der Waals surface area contributed by atoms with Crippen molar-refractivity contribution >= 4 is 5.78 Å². The summed E-state index contributed by atoms with van der Waals surface area (Å²) in [6, 6.07) is 1.54. The van der Waals surface area contributed by atoms with Gasteiger partial charge in [-0.1, -0.05) is 20.8 Å². The molecule has 14 heavy (non-hydrogen) atoms. The smallest absolute Gasteiger partial charge is 0.215 e. The Morgan fingerprint density at radius 1 is 1.43 bits per heavy atom.